The summed E-state index contributed by atoms with van der Waals surface area (Å²) in [6.07, 6.45) is 3.91. The van der Waals surface area contributed by atoms with Crippen LogP contribution in [-0.2, 0) is 0 Å². The monoisotopic (exact) mass is 156 g/mol. The van der Waals surface area contributed by atoms with Gasteiger partial charge >= 0.3 is 0 Å². The second kappa shape index (κ2) is 4.50. The van der Waals surface area contributed by atoms with Crippen molar-refractivity contribution in [2.75, 3.05) is 0 Å². The molecule has 2 nitrogen and oxygen atoms in total. The van der Waals surface area contributed by atoms with Crippen molar-refractivity contribution in [3.05, 3.63) is 0 Å². The van der Waals surface area contributed by atoms with Crippen molar-refractivity contribution >= 4 is 6.21 Å². The lowest BCUT2D eigenvalue weighted by Gasteiger charge is -2.20. The lowest BCUT2D eigenvalue weighted by atomic mass is 9.98. The van der Waals surface area contributed by atoms with Gasteiger partial charge in [-0.05, 0) is 39.8 Å². The van der Waals surface area contributed by atoms with E-state index in [4.69, 9.17) is 5.73 Å². The molecule has 0 aromatic heterocycles. The number of nitrogens with zero attached hydrogens (tertiary/aromatic N) is 1. The van der Waals surface area contributed by atoms with Gasteiger partial charge in [-0.2, -0.15) is 0 Å². The van der Waals surface area contributed by atoms with Crippen LogP contribution in [0, 0.1) is 0 Å². The predicted octanol–water partition coefficient (Wildman–Crippen LogP) is 1.98. The Morgan fingerprint density at radius 2 is 2.09 bits per heavy atom. The molecule has 0 amide bonds. The standard InChI is InChI=1S/C9H20N2/c1-5-6-11-8(2)7-9(3,4)10/h6,8H,5,7,10H2,1-4H3. The highest BCUT2D eigenvalue weighted by atomic mass is 14.8. The first-order valence-corrected chi connectivity index (χ1v) is 4.26. The summed E-state index contributed by atoms with van der Waals surface area (Å²) in [6.45, 7) is 8.25. The number of hydrogen-bond donors (Lipinski definition) is 1. The van der Waals surface area contributed by atoms with Crippen LogP contribution in [0.2, 0.25) is 0 Å². The maximum atomic E-state index is 5.83. The zero-order valence-electron chi connectivity index (χ0n) is 8.09. The number of aliphatic imine (C=N–C) groups is 1. The minimum Gasteiger partial charge on any atom is -0.325 e. The van der Waals surface area contributed by atoms with Crippen molar-refractivity contribution in [2.24, 2.45) is 10.7 Å². The second-order valence-electron chi connectivity index (χ2n) is 3.78. The van der Waals surface area contributed by atoms with Crippen LogP contribution in [0.3, 0.4) is 0 Å². The first-order valence-electron chi connectivity index (χ1n) is 4.26. The Balaban J connectivity index is 3.69. The Morgan fingerprint density at radius 1 is 1.55 bits per heavy atom. The highest BCUT2D eigenvalue weighted by molar-refractivity contribution is 5.56. The van der Waals surface area contributed by atoms with E-state index in [9.17, 15) is 0 Å². The molecule has 0 aromatic carbocycles. The maximum Gasteiger partial charge on any atom is 0.0484 e. The fourth-order valence-corrected chi connectivity index (χ4v) is 1.10. The molecule has 0 saturated carbocycles. The van der Waals surface area contributed by atoms with Crippen molar-refractivity contribution in [3.63, 3.8) is 0 Å². The van der Waals surface area contributed by atoms with Gasteiger partial charge in [-0.1, -0.05) is 6.92 Å². The third kappa shape index (κ3) is 7.53. The van der Waals surface area contributed by atoms with Crippen LogP contribution in [0.25, 0.3) is 0 Å². The van der Waals surface area contributed by atoms with E-state index in [1.165, 1.54) is 0 Å². The molecule has 0 saturated heterocycles. The number of hydrogen-bond acceptors (Lipinski definition) is 2. The van der Waals surface area contributed by atoms with Crippen molar-refractivity contribution in [1.29, 1.82) is 0 Å². The lowest BCUT2D eigenvalue weighted by molar-refractivity contribution is 0.438. The first kappa shape index (κ1) is 10.6. The van der Waals surface area contributed by atoms with Gasteiger partial charge in [-0.3, -0.25) is 4.99 Å². The van der Waals surface area contributed by atoms with E-state index in [1.807, 2.05) is 20.1 Å². The SMILES string of the molecule is CCC=NC(C)CC(C)(C)N. The normalized spacial score (nSPS) is 15.7. The fraction of sp³-hybridized carbons (Fsp3) is 0.889. The quantitative estimate of drug-likeness (QED) is 0.621. The Morgan fingerprint density at radius 3 is 2.45 bits per heavy atom. The van der Waals surface area contributed by atoms with Crippen LogP contribution in [-0.4, -0.2) is 17.8 Å². The Labute approximate surface area is 69.9 Å². The van der Waals surface area contributed by atoms with Gasteiger partial charge in [-0.15, -0.1) is 0 Å². The summed E-state index contributed by atoms with van der Waals surface area (Å²) in [5.41, 5.74) is 5.74. The van der Waals surface area contributed by atoms with Crippen LogP contribution in [0.4, 0.5) is 0 Å². The van der Waals surface area contributed by atoms with Crippen LogP contribution >= 0.6 is 0 Å². The summed E-state index contributed by atoms with van der Waals surface area (Å²) in [4.78, 5) is 4.32. The van der Waals surface area contributed by atoms with Gasteiger partial charge in [0.2, 0.25) is 0 Å². The molecule has 0 fully saturated rings. The number of nitrogens with two attached hydrogens (primary N) is 1. The molecule has 0 aliphatic rings. The summed E-state index contributed by atoms with van der Waals surface area (Å²) in [7, 11) is 0. The number of rotatable bonds is 4. The van der Waals surface area contributed by atoms with Crippen LogP contribution in [0.15, 0.2) is 4.99 Å². The smallest absolute Gasteiger partial charge is 0.0484 e. The Bertz CT molecular complexity index is 122. The Hall–Kier alpha value is -0.370. The largest absolute Gasteiger partial charge is 0.325 e. The van der Waals surface area contributed by atoms with E-state index in [0.29, 0.717) is 6.04 Å². The highest BCUT2D eigenvalue weighted by Crippen LogP contribution is 2.09. The van der Waals surface area contributed by atoms with Gasteiger partial charge in [0.1, 0.15) is 0 Å². The molecule has 0 aromatic rings. The molecule has 0 spiro atoms. The molecule has 0 radical (unpaired) electrons. The molecular formula is C9H20N2. The van der Waals surface area contributed by atoms with E-state index in [1.54, 1.807) is 0 Å². The molecule has 11 heavy (non-hydrogen) atoms. The molecular weight excluding hydrogens is 136 g/mol. The topological polar surface area (TPSA) is 38.4 Å². The molecule has 2 N–H and O–H groups in total. The van der Waals surface area contributed by atoms with Gasteiger partial charge in [0.05, 0.1) is 0 Å². The lowest BCUT2D eigenvalue weighted by Crippen LogP contribution is -2.34. The molecule has 2 heteroatoms. The zero-order valence-corrected chi connectivity index (χ0v) is 8.09. The van der Waals surface area contributed by atoms with Crippen molar-refractivity contribution < 1.29 is 0 Å². The Kier molecular flexibility index (Phi) is 4.34. The van der Waals surface area contributed by atoms with Gasteiger partial charge in [0, 0.05) is 11.6 Å². The van der Waals surface area contributed by atoms with Crippen molar-refractivity contribution in [3.8, 4) is 0 Å². The van der Waals surface area contributed by atoms with Crippen molar-refractivity contribution in [1.82, 2.24) is 0 Å². The van der Waals surface area contributed by atoms with Crippen LogP contribution in [0.1, 0.15) is 40.5 Å². The fourth-order valence-electron chi connectivity index (χ4n) is 1.10. The summed E-state index contributed by atoms with van der Waals surface area (Å²) >= 11 is 0. The van der Waals surface area contributed by atoms with Gasteiger partial charge < -0.3 is 5.73 Å². The van der Waals surface area contributed by atoms with E-state index < -0.39 is 0 Å². The molecule has 1 unspecified atom stereocenters. The molecule has 1 atom stereocenters. The molecule has 0 bridgehead atoms. The third-order valence-electron chi connectivity index (χ3n) is 1.36. The summed E-state index contributed by atoms with van der Waals surface area (Å²) in [5, 5.41) is 0. The third-order valence-corrected chi connectivity index (χ3v) is 1.36. The maximum absolute atomic E-state index is 5.83. The molecule has 0 heterocycles. The van der Waals surface area contributed by atoms with E-state index in [2.05, 4.69) is 18.8 Å². The average Bonchev–Trinajstić information content (AvgIpc) is 1.79. The van der Waals surface area contributed by atoms with Gasteiger partial charge in [0.15, 0.2) is 0 Å². The second-order valence-corrected chi connectivity index (χ2v) is 3.78. The summed E-state index contributed by atoms with van der Waals surface area (Å²) in [6, 6.07) is 0.356. The zero-order chi connectivity index (χ0) is 8.91. The molecule has 0 aliphatic carbocycles. The first-order chi connectivity index (χ1) is 4.95. The highest BCUT2D eigenvalue weighted by Gasteiger charge is 2.13. The van der Waals surface area contributed by atoms with Gasteiger partial charge in [-0.25, -0.2) is 0 Å². The minimum absolute atomic E-state index is 0.0928. The average molecular weight is 156 g/mol. The summed E-state index contributed by atoms with van der Waals surface area (Å²) < 4.78 is 0. The minimum atomic E-state index is -0.0928. The molecule has 0 aliphatic heterocycles. The van der Waals surface area contributed by atoms with E-state index in [-0.39, 0.29) is 5.54 Å². The summed E-state index contributed by atoms with van der Waals surface area (Å²) in [5.74, 6) is 0. The molecule has 0 rings (SSSR count). The van der Waals surface area contributed by atoms with Crippen LogP contribution < -0.4 is 5.73 Å². The van der Waals surface area contributed by atoms with Crippen LogP contribution in [0.5, 0.6) is 0 Å². The predicted molar refractivity (Wildman–Crippen MR) is 51.1 cm³/mol. The van der Waals surface area contributed by atoms with E-state index >= 15 is 0 Å². The van der Waals surface area contributed by atoms with E-state index in [0.717, 1.165) is 12.8 Å². The van der Waals surface area contributed by atoms with Crippen molar-refractivity contribution in [2.45, 2.75) is 52.1 Å². The van der Waals surface area contributed by atoms with Gasteiger partial charge in [0.25, 0.3) is 0 Å². The molecule has 66 valence electrons.